The molecule has 2 N–H and O–H groups in total. The molecule has 0 saturated carbocycles. The Hall–Kier alpha value is -2.98. The average Bonchev–Trinajstić information content (AvgIpc) is 3.33. The Balaban J connectivity index is 1.71. The molecule has 0 radical (unpaired) electrons. The Bertz CT molecular complexity index is 1000. The number of carboxylic acids is 1. The second-order valence-electron chi connectivity index (χ2n) is 6.60. The van der Waals surface area contributed by atoms with Crippen LogP contribution in [0.5, 0.6) is 11.8 Å². The van der Waals surface area contributed by atoms with E-state index in [0.29, 0.717) is 28.9 Å². The number of carbonyl (C=O) groups is 2. The summed E-state index contributed by atoms with van der Waals surface area (Å²) in [5.74, 6) is -0.815. The van der Waals surface area contributed by atoms with E-state index in [1.165, 1.54) is 11.6 Å². The summed E-state index contributed by atoms with van der Waals surface area (Å²) >= 11 is 2.79. The highest BCUT2D eigenvalue weighted by Crippen LogP contribution is 2.22. The van der Waals surface area contributed by atoms with Crippen LogP contribution in [-0.2, 0) is 17.6 Å². The molecule has 30 heavy (non-hydrogen) atoms. The molecule has 8 nitrogen and oxygen atoms in total. The van der Waals surface area contributed by atoms with Gasteiger partial charge in [-0.15, -0.1) is 11.3 Å². The minimum atomic E-state index is -0.980. The predicted molar refractivity (Wildman–Crippen MR) is 115 cm³/mol. The van der Waals surface area contributed by atoms with E-state index in [0.717, 1.165) is 17.8 Å². The molecule has 0 aliphatic rings. The highest BCUT2D eigenvalue weighted by molar-refractivity contribution is 7.14. The van der Waals surface area contributed by atoms with Crippen LogP contribution >= 0.6 is 22.7 Å². The van der Waals surface area contributed by atoms with Gasteiger partial charge >= 0.3 is 5.97 Å². The number of ether oxygens (including phenoxy) is 2. The van der Waals surface area contributed by atoms with Crippen LogP contribution in [0.3, 0.4) is 0 Å². The number of aliphatic carboxylic acids is 1. The van der Waals surface area contributed by atoms with Crippen molar-refractivity contribution in [2.75, 3.05) is 11.9 Å². The van der Waals surface area contributed by atoms with Crippen LogP contribution in [0.4, 0.5) is 5.13 Å². The Labute approximate surface area is 181 Å². The first-order valence-corrected chi connectivity index (χ1v) is 11.0. The quantitative estimate of drug-likeness (QED) is 0.485. The summed E-state index contributed by atoms with van der Waals surface area (Å²) in [4.78, 5) is 31.9. The standard InChI is InChI=1S/C20H21N3O5S2/c1-12(2)28-17-8-14(7-16(22-17)27-5-3-13-4-6-29-10-13)19(26)23-20-21-15(11-30-20)9-18(24)25/h4,6-8,10-12H,3,5,9H2,1-2H3,(H,24,25)(H,21,23,26). The van der Waals surface area contributed by atoms with Crippen LogP contribution in [0, 0.1) is 0 Å². The normalized spacial score (nSPS) is 10.8. The lowest BCUT2D eigenvalue weighted by molar-refractivity contribution is -0.136. The van der Waals surface area contributed by atoms with Gasteiger partial charge in [-0.2, -0.15) is 16.3 Å². The number of carboxylic acid groups (broad SMARTS) is 1. The lowest BCUT2D eigenvalue weighted by Gasteiger charge is -2.12. The smallest absolute Gasteiger partial charge is 0.309 e. The maximum atomic E-state index is 12.7. The lowest BCUT2D eigenvalue weighted by Crippen LogP contribution is -2.14. The van der Waals surface area contributed by atoms with Crippen LogP contribution < -0.4 is 14.8 Å². The molecule has 0 saturated heterocycles. The Morgan fingerprint density at radius 2 is 2.00 bits per heavy atom. The number of rotatable bonds is 10. The zero-order valence-corrected chi connectivity index (χ0v) is 18.1. The SMILES string of the molecule is CC(C)Oc1cc(C(=O)Nc2nc(CC(=O)O)cs2)cc(OCCc2ccsc2)n1. The Morgan fingerprint density at radius 3 is 2.70 bits per heavy atom. The van der Waals surface area contributed by atoms with E-state index in [-0.39, 0.29) is 18.4 Å². The fraction of sp³-hybridized carbons (Fsp3) is 0.300. The van der Waals surface area contributed by atoms with Crippen LogP contribution in [0.2, 0.25) is 0 Å². The predicted octanol–water partition coefficient (Wildman–Crippen LogP) is 3.89. The largest absolute Gasteiger partial charge is 0.481 e. The molecule has 3 heterocycles. The van der Waals surface area contributed by atoms with Crippen molar-refractivity contribution in [2.45, 2.75) is 32.8 Å². The zero-order chi connectivity index (χ0) is 21.5. The highest BCUT2D eigenvalue weighted by atomic mass is 32.1. The number of hydrogen-bond donors (Lipinski definition) is 2. The molecule has 0 unspecified atom stereocenters. The number of thiazole rings is 1. The molecule has 1 amide bonds. The van der Waals surface area contributed by atoms with Gasteiger partial charge in [0.1, 0.15) is 0 Å². The van der Waals surface area contributed by atoms with Gasteiger partial charge < -0.3 is 14.6 Å². The lowest BCUT2D eigenvalue weighted by atomic mass is 10.2. The first-order valence-electron chi connectivity index (χ1n) is 9.19. The third kappa shape index (κ3) is 6.53. The van der Waals surface area contributed by atoms with Crippen LogP contribution in [0.1, 0.15) is 35.5 Å². The molecule has 0 spiro atoms. The summed E-state index contributed by atoms with van der Waals surface area (Å²) in [5.41, 5.74) is 1.87. The zero-order valence-electron chi connectivity index (χ0n) is 16.5. The number of aromatic nitrogens is 2. The number of nitrogens with one attached hydrogen (secondary N) is 1. The van der Waals surface area contributed by atoms with Crippen molar-refractivity contribution in [3.63, 3.8) is 0 Å². The maximum Gasteiger partial charge on any atom is 0.309 e. The minimum Gasteiger partial charge on any atom is -0.481 e. The molecule has 3 aromatic rings. The maximum absolute atomic E-state index is 12.7. The summed E-state index contributed by atoms with van der Waals surface area (Å²) in [6.45, 7) is 4.15. The number of carbonyl (C=O) groups excluding carboxylic acids is 1. The molecule has 0 bridgehead atoms. The fourth-order valence-electron chi connectivity index (χ4n) is 2.47. The monoisotopic (exact) mass is 447 g/mol. The van der Waals surface area contributed by atoms with Gasteiger partial charge in [0.2, 0.25) is 11.8 Å². The van der Waals surface area contributed by atoms with Crippen molar-refractivity contribution < 1.29 is 24.2 Å². The van der Waals surface area contributed by atoms with Gasteiger partial charge in [0.05, 0.1) is 30.4 Å². The second-order valence-corrected chi connectivity index (χ2v) is 8.24. The molecular formula is C20H21N3O5S2. The van der Waals surface area contributed by atoms with Crippen molar-refractivity contribution in [1.82, 2.24) is 9.97 Å². The topological polar surface area (TPSA) is 111 Å². The molecule has 10 heteroatoms. The van der Waals surface area contributed by atoms with E-state index in [2.05, 4.69) is 20.7 Å². The van der Waals surface area contributed by atoms with E-state index >= 15 is 0 Å². The second kappa shape index (κ2) is 10.2. The third-order valence-electron chi connectivity index (χ3n) is 3.72. The summed E-state index contributed by atoms with van der Waals surface area (Å²) in [6, 6.07) is 5.11. The van der Waals surface area contributed by atoms with Crippen molar-refractivity contribution in [2.24, 2.45) is 0 Å². The van der Waals surface area contributed by atoms with Crippen LogP contribution in [0.15, 0.2) is 34.3 Å². The summed E-state index contributed by atoms with van der Waals surface area (Å²) in [5, 5.41) is 17.5. The van der Waals surface area contributed by atoms with Gasteiger partial charge in [-0.25, -0.2) is 4.98 Å². The van der Waals surface area contributed by atoms with Gasteiger partial charge in [0.25, 0.3) is 5.91 Å². The first kappa shape index (κ1) is 21.7. The number of thiophene rings is 1. The van der Waals surface area contributed by atoms with Crippen molar-refractivity contribution in [3.8, 4) is 11.8 Å². The van der Waals surface area contributed by atoms with Crippen molar-refractivity contribution in [3.05, 3.63) is 51.2 Å². The summed E-state index contributed by atoms with van der Waals surface area (Å²) in [6.07, 6.45) is 0.413. The van der Waals surface area contributed by atoms with Gasteiger partial charge in [-0.1, -0.05) is 0 Å². The first-order chi connectivity index (χ1) is 14.4. The minimum absolute atomic E-state index is 0.119. The molecule has 3 aromatic heterocycles. The van der Waals surface area contributed by atoms with E-state index < -0.39 is 11.9 Å². The number of hydrogen-bond acceptors (Lipinski definition) is 8. The third-order valence-corrected chi connectivity index (χ3v) is 5.26. The summed E-state index contributed by atoms with van der Waals surface area (Å²) in [7, 11) is 0. The molecule has 0 aromatic carbocycles. The van der Waals surface area contributed by atoms with E-state index in [9.17, 15) is 9.59 Å². The number of nitrogens with zero attached hydrogens (tertiary/aromatic N) is 2. The molecule has 0 fully saturated rings. The van der Waals surface area contributed by atoms with Gasteiger partial charge in [0.15, 0.2) is 5.13 Å². The van der Waals surface area contributed by atoms with Gasteiger partial charge in [-0.3, -0.25) is 14.9 Å². The molecule has 3 rings (SSSR count). The summed E-state index contributed by atoms with van der Waals surface area (Å²) < 4.78 is 11.4. The van der Waals surface area contributed by atoms with Crippen molar-refractivity contribution >= 4 is 39.7 Å². The number of anilines is 1. The van der Waals surface area contributed by atoms with Crippen LogP contribution in [0.25, 0.3) is 0 Å². The Kier molecular flexibility index (Phi) is 7.36. The van der Waals surface area contributed by atoms with Crippen molar-refractivity contribution in [1.29, 1.82) is 0 Å². The van der Waals surface area contributed by atoms with Gasteiger partial charge in [0, 0.05) is 23.9 Å². The average molecular weight is 448 g/mol. The molecule has 0 aliphatic carbocycles. The van der Waals surface area contributed by atoms with E-state index in [1.807, 2.05) is 25.3 Å². The van der Waals surface area contributed by atoms with Gasteiger partial charge in [-0.05, 0) is 36.2 Å². The van der Waals surface area contributed by atoms with Crippen LogP contribution in [-0.4, -0.2) is 39.7 Å². The molecule has 158 valence electrons. The number of amides is 1. The molecule has 0 aliphatic heterocycles. The van der Waals surface area contributed by atoms with E-state index in [4.69, 9.17) is 14.6 Å². The molecule has 0 atom stereocenters. The Morgan fingerprint density at radius 1 is 1.20 bits per heavy atom. The molecular weight excluding hydrogens is 426 g/mol. The van der Waals surface area contributed by atoms with E-state index in [1.54, 1.807) is 22.8 Å². The number of pyridine rings is 1. The highest BCUT2D eigenvalue weighted by Gasteiger charge is 2.15. The fourth-order valence-corrected chi connectivity index (χ4v) is 3.87.